The molecule has 0 unspecified atom stereocenters. The molecule has 4 radical (unpaired) electrons. The first kappa shape index (κ1) is 16.6. The van der Waals surface area contributed by atoms with Crippen molar-refractivity contribution in [2.24, 2.45) is 0 Å². The summed E-state index contributed by atoms with van der Waals surface area (Å²) in [5.41, 5.74) is 0. The van der Waals surface area contributed by atoms with Gasteiger partial charge < -0.3 is 0 Å². The van der Waals surface area contributed by atoms with Crippen molar-refractivity contribution in [3.8, 4) is 12.1 Å². The fourth-order valence-electron chi connectivity index (χ4n) is 0. The van der Waals surface area contributed by atoms with E-state index >= 15 is 0 Å². The van der Waals surface area contributed by atoms with Gasteiger partial charge in [-0.05, 0) is 0 Å². The number of hydrogen-bond acceptors (Lipinski definition) is 2. The van der Waals surface area contributed by atoms with Gasteiger partial charge in [-0.25, -0.2) is 0 Å². The predicted octanol–water partition coefficient (Wildman–Crippen LogP) is -0.728. The SMILES string of the molecule is N#CC#N.[B].[Na]. The van der Waals surface area contributed by atoms with E-state index in [0.717, 1.165) is 0 Å². The van der Waals surface area contributed by atoms with Crippen molar-refractivity contribution in [1.29, 1.82) is 10.5 Å². The molecule has 0 amide bonds. The summed E-state index contributed by atoms with van der Waals surface area (Å²) in [6, 6.07) is 2.47. The van der Waals surface area contributed by atoms with Crippen LogP contribution in [0.4, 0.5) is 0 Å². The zero-order valence-electron chi connectivity index (χ0n) is 3.47. The first-order chi connectivity index (χ1) is 1.91. The molecule has 22 valence electrons. The molecule has 0 aliphatic rings. The summed E-state index contributed by atoms with van der Waals surface area (Å²) in [6.45, 7) is 0. The van der Waals surface area contributed by atoms with Crippen LogP contribution in [0.1, 0.15) is 0 Å². The van der Waals surface area contributed by atoms with Crippen LogP contribution >= 0.6 is 0 Å². The van der Waals surface area contributed by atoms with Crippen LogP contribution in [0.3, 0.4) is 0 Å². The van der Waals surface area contributed by atoms with E-state index in [9.17, 15) is 0 Å². The van der Waals surface area contributed by atoms with Crippen LogP contribution in [0.25, 0.3) is 0 Å². The third-order valence-corrected chi connectivity index (χ3v) is 0.0500. The smallest absolute Gasteiger partial charge is 0.181 e. The summed E-state index contributed by atoms with van der Waals surface area (Å²) in [5.74, 6) is 0. The van der Waals surface area contributed by atoms with Crippen molar-refractivity contribution in [2.45, 2.75) is 0 Å². The predicted molar refractivity (Wildman–Crippen MR) is 22.7 cm³/mol. The molecule has 0 saturated carbocycles. The Kier molecular flexibility index (Phi) is 54.6. The van der Waals surface area contributed by atoms with E-state index in [2.05, 4.69) is 0 Å². The molecule has 0 atom stereocenters. The van der Waals surface area contributed by atoms with Crippen molar-refractivity contribution in [1.82, 2.24) is 0 Å². The molecule has 2 nitrogen and oxygen atoms in total. The van der Waals surface area contributed by atoms with Crippen LogP contribution in [0, 0.1) is 22.7 Å². The van der Waals surface area contributed by atoms with E-state index in [1.807, 2.05) is 0 Å². The molecule has 0 aromatic rings. The van der Waals surface area contributed by atoms with Crippen LogP contribution in [-0.2, 0) is 0 Å². The van der Waals surface area contributed by atoms with Gasteiger partial charge in [0.1, 0.15) is 0 Å². The molecule has 0 rings (SSSR count). The Balaban J connectivity index is -0.0000000450. The van der Waals surface area contributed by atoms with Gasteiger partial charge >= 0.3 is 0 Å². The molecule has 6 heavy (non-hydrogen) atoms. The van der Waals surface area contributed by atoms with Gasteiger partial charge in [0, 0.05) is 38.0 Å². The molecule has 0 saturated heterocycles. The molecule has 0 aromatic carbocycles. The van der Waals surface area contributed by atoms with E-state index in [1.54, 1.807) is 0 Å². The maximum Gasteiger partial charge on any atom is 0.181 e. The second-order valence-corrected chi connectivity index (χ2v) is 0.224. The number of nitrogens with zero attached hydrogens (tertiary/aromatic N) is 2. The quantitative estimate of drug-likeness (QED) is 0.365. The van der Waals surface area contributed by atoms with E-state index in [1.165, 1.54) is 12.1 Å². The van der Waals surface area contributed by atoms with Gasteiger partial charge in [-0.2, -0.15) is 10.5 Å². The largest absolute Gasteiger partial charge is 0.181 e. The first-order valence-corrected chi connectivity index (χ1v) is 0.697. The molecule has 4 heteroatoms. The fraction of sp³-hybridized carbons (Fsp3) is 0. The van der Waals surface area contributed by atoms with Crippen molar-refractivity contribution < 1.29 is 0 Å². The molecule has 0 heterocycles. The second kappa shape index (κ2) is 19.7. The van der Waals surface area contributed by atoms with E-state index < -0.39 is 0 Å². The van der Waals surface area contributed by atoms with Crippen molar-refractivity contribution in [3.05, 3.63) is 0 Å². The Morgan fingerprint density at radius 1 is 1.00 bits per heavy atom. The summed E-state index contributed by atoms with van der Waals surface area (Å²) >= 11 is 0. The monoisotopic (exact) mass is 86.0 g/mol. The number of rotatable bonds is 0. The van der Waals surface area contributed by atoms with Crippen LogP contribution in [0.5, 0.6) is 0 Å². The molecule has 0 N–H and O–H groups in total. The van der Waals surface area contributed by atoms with E-state index in [0.29, 0.717) is 0 Å². The van der Waals surface area contributed by atoms with Gasteiger partial charge in [0.25, 0.3) is 0 Å². The van der Waals surface area contributed by atoms with Gasteiger partial charge in [-0.15, -0.1) is 0 Å². The van der Waals surface area contributed by atoms with Crippen molar-refractivity contribution >= 4 is 38.0 Å². The Hall–Kier alpha value is 0.0449. The summed E-state index contributed by atoms with van der Waals surface area (Å²) in [4.78, 5) is 0. The average molecular weight is 85.8 g/mol. The standard InChI is InChI=1S/C2N2.B.Na/c3-1-2-4;;. The normalized spacial score (nSPS) is 1.67. The van der Waals surface area contributed by atoms with E-state index in [4.69, 9.17) is 10.5 Å². The van der Waals surface area contributed by atoms with Gasteiger partial charge in [0.15, 0.2) is 12.1 Å². The van der Waals surface area contributed by atoms with Gasteiger partial charge in [-0.1, -0.05) is 0 Å². The minimum Gasteiger partial charge on any atom is -0.181 e. The van der Waals surface area contributed by atoms with Gasteiger partial charge in [0.05, 0.1) is 0 Å². The van der Waals surface area contributed by atoms with Crippen LogP contribution in [0.2, 0.25) is 0 Å². The maximum absolute atomic E-state index is 7.26. The van der Waals surface area contributed by atoms with Crippen molar-refractivity contribution in [2.75, 3.05) is 0 Å². The summed E-state index contributed by atoms with van der Waals surface area (Å²) < 4.78 is 0. The molecular weight excluding hydrogens is 85.8 g/mol. The summed E-state index contributed by atoms with van der Waals surface area (Å²) in [6.07, 6.45) is 0. The second-order valence-electron chi connectivity index (χ2n) is 0.224. The molecule has 0 bridgehead atoms. The Bertz CT molecular complexity index is 66.5. The van der Waals surface area contributed by atoms with Crippen molar-refractivity contribution in [3.63, 3.8) is 0 Å². The Labute approximate surface area is 60.6 Å². The average Bonchev–Trinajstić information content (AvgIpc) is 1.37. The molecule has 0 aliphatic heterocycles. The maximum atomic E-state index is 7.26. The zero-order valence-corrected chi connectivity index (χ0v) is 5.47. The minimum absolute atomic E-state index is 0. The number of hydrogen-bond donors (Lipinski definition) is 0. The minimum atomic E-state index is 0. The molecule has 0 aliphatic carbocycles. The third kappa shape index (κ3) is 34.3. The van der Waals surface area contributed by atoms with Crippen LogP contribution in [-0.4, -0.2) is 38.0 Å². The zero-order chi connectivity index (χ0) is 3.41. The first-order valence-electron chi connectivity index (χ1n) is 0.697. The summed E-state index contributed by atoms with van der Waals surface area (Å²) in [5, 5.41) is 14.5. The Morgan fingerprint density at radius 2 is 1.17 bits per heavy atom. The third-order valence-electron chi connectivity index (χ3n) is 0.0500. The number of nitriles is 2. The molecule has 0 spiro atoms. The van der Waals surface area contributed by atoms with Crippen LogP contribution < -0.4 is 0 Å². The topological polar surface area (TPSA) is 47.6 Å². The van der Waals surface area contributed by atoms with Crippen LogP contribution in [0.15, 0.2) is 0 Å². The summed E-state index contributed by atoms with van der Waals surface area (Å²) in [7, 11) is 0. The molecular formula is C2BN2Na. The van der Waals surface area contributed by atoms with Gasteiger partial charge in [0.2, 0.25) is 0 Å². The van der Waals surface area contributed by atoms with E-state index in [-0.39, 0.29) is 38.0 Å². The Morgan fingerprint density at radius 3 is 1.17 bits per heavy atom. The van der Waals surface area contributed by atoms with Gasteiger partial charge in [-0.3, -0.25) is 0 Å². The molecule has 0 fully saturated rings. The fourth-order valence-corrected chi connectivity index (χ4v) is 0. The molecule has 0 aromatic heterocycles.